The van der Waals surface area contributed by atoms with E-state index >= 15 is 0 Å². The van der Waals surface area contributed by atoms with Crippen LogP contribution in [0.2, 0.25) is 0 Å². The second-order valence-corrected chi connectivity index (χ2v) is 10.8. The molecule has 0 aliphatic carbocycles. The molecule has 0 radical (unpaired) electrons. The van der Waals surface area contributed by atoms with Gasteiger partial charge in [0.05, 0.1) is 0 Å². The molecule has 0 bridgehead atoms. The second kappa shape index (κ2) is 11.3. The van der Waals surface area contributed by atoms with Crippen molar-refractivity contribution in [2.75, 3.05) is 0 Å². The van der Waals surface area contributed by atoms with Crippen molar-refractivity contribution in [1.82, 2.24) is 0 Å². The quantitative estimate of drug-likeness (QED) is 0.163. The maximum absolute atomic E-state index is 8.36. The lowest BCUT2D eigenvalue weighted by Gasteiger charge is -2.13. The number of rotatable bonds is 5. The van der Waals surface area contributed by atoms with Crippen LogP contribution in [0.3, 0.4) is 0 Å². The number of aliphatic imine (C=N–C) groups is 1. The summed E-state index contributed by atoms with van der Waals surface area (Å²) in [4.78, 5) is 4.55. The van der Waals surface area contributed by atoms with Gasteiger partial charge in [0.1, 0.15) is 0 Å². The van der Waals surface area contributed by atoms with Crippen LogP contribution in [0.5, 0.6) is 0 Å². The number of nitrogens with one attached hydrogen (secondary N) is 1. The van der Waals surface area contributed by atoms with E-state index in [1.54, 1.807) is 0 Å². The van der Waals surface area contributed by atoms with E-state index in [0.29, 0.717) is 0 Å². The molecule has 204 valence electrons. The predicted octanol–water partition coefficient (Wildman–Crippen LogP) is 10.8. The van der Waals surface area contributed by atoms with Crippen molar-refractivity contribution in [2.45, 2.75) is 6.92 Å². The molecule has 0 spiro atoms. The van der Waals surface area contributed by atoms with Crippen LogP contribution >= 0.6 is 0 Å². The highest BCUT2D eigenvalue weighted by atomic mass is 14.8. The highest BCUT2D eigenvalue weighted by Gasteiger charge is 2.11. The number of nitrogens with zero attached hydrogens (tertiary/aromatic N) is 1. The highest BCUT2D eigenvalue weighted by Crippen LogP contribution is 2.36. The monoisotopic (exact) mass is 550 g/mol. The van der Waals surface area contributed by atoms with E-state index in [9.17, 15) is 0 Å². The summed E-state index contributed by atoms with van der Waals surface area (Å²) in [5.74, 6) is 0.272. The summed E-state index contributed by atoms with van der Waals surface area (Å²) < 4.78 is 0. The fraction of sp³-hybridized carbons (Fsp3) is 0.0244. The van der Waals surface area contributed by atoms with Gasteiger partial charge in [0.15, 0.2) is 5.84 Å². The molecule has 0 heterocycles. The van der Waals surface area contributed by atoms with Crippen LogP contribution in [0.25, 0.3) is 54.9 Å². The van der Waals surface area contributed by atoms with E-state index in [4.69, 9.17) is 5.41 Å². The Hall–Kier alpha value is -5.60. The largest absolute Gasteiger partial charge is 0.282 e. The lowest BCUT2D eigenvalue weighted by Crippen LogP contribution is -2.02. The van der Waals surface area contributed by atoms with Crippen LogP contribution in [0.1, 0.15) is 18.1 Å². The Balaban J connectivity index is 1.18. The molecule has 2 heteroatoms. The molecule has 0 saturated heterocycles. The molecular weight excluding hydrogens is 520 g/mol. The Morgan fingerprint density at radius 1 is 0.442 bits per heavy atom. The van der Waals surface area contributed by atoms with Crippen molar-refractivity contribution in [3.05, 3.63) is 169 Å². The molecule has 0 fully saturated rings. The predicted molar refractivity (Wildman–Crippen MR) is 183 cm³/mol. The average Bonchev–Trinajstić information content (AvgIpc) is 3.08. The van der Waals surface area contributed by atoms with Crippen LogP contribution in [0.4, 0.5) is 0 Å². The summed E-state index contributed by atoms with van der Waals surface area (Å²) in [5.41, 5.74) is 9.88. The van der Waals surface area contributed by atoms with Crippen LogP contribution in [0, 0.1) is 5.41 Å². The molecule has 7 aromatic rings. The van der Waals surface area contributed by atoms with Crippen LogP contribution in [-0.2, 0) is 0 Å². The Morgan fingerprint density at radius 2 is 0.953 bits per heavy atom. The average molecular weight is 551 g/mol. The summed E-state index contributed by atoms with van der Waals surface area (Å²) in [5, 5.41) is 13.3. The number of fused-ring (bicyclic) bond motifs is 2. The van der Waals surface area contributed by atoms with Crippen molar-refractivity contribution in [3.8, 4) is 33.4 Å². The third-order valence-electron chi connectivity index (χ3n) is 8.14. The zero-order valence-electron chi connectivity index (χ0n) is 24.0. The van der Waals surface area contributed by atoms with Crippen molar-refractivity contribution >= 4 is 33.1 Å². The minimum Gasteiger partial charge on any atom is -0.282 e. The van der Waals surface area contributed by atoms with Crippen LogP contribution in [0.15, 0.2) is 163 Å². The van der Waals surface area contributed by atoms with Crippen molar-refractivity contribution in [1.29, 1.82) is 5.41 Å². The van der Waals surface area contributed by atoms with Crippen LogP contribution in [-0.4, -0.2) is 11.5 Å². The first-order valence-electron chi connectivity index (χ1n) is 14.6. The van der Waals surface area contributed by atoms with Gasteiger partial charge in [-0.3, -0.25) is 5.41 Å². The molecule has 2 nitrogen and oxygen atoms in total. The zero-order valence-corrected chi connectivity index (χ0v) is 24.0. The van der Waals surface area contributed by atoms with Gasteiger partial charge < -0.3 is 0 Å². The fourth-order valence-corrected chi connectivity index (χ4v) is 5.80. The van der Waals surface area contributed by atoms with E-state index in [1.807, 2.05) is 37.3 Å². The molecule has 1 N–H and O–H groups in total. The summed E-state index contributed by atoms with van der Waals surface area (Å²) >= 11 is 0. The minimum absolute atomic E-state index is 0.272. The van der Waals surface area contributed by atoms with E-state index in [0.717, 1.165) is 22.4 Å². The molecule has 7 rings (SSSR count). The van der Waals surface area contributed by atoms with Crippen molar-refractivity contribution in [2.24, 2.45) is 4.99 Å². The number of amidine groups is 1. The van der Waals surface area contributed by atoms with Gasteiger partial charge in [0.25, 0.3) is 0 Å². The maximum Gasteiger partial charge on any atom is 0.152 e. The molecule has 0 atom stereocenters. The smallest absolute Gasteiger partial charge is 0.152 e. The SMILES string of the molecule is CC(=NC(=N)c1ccccc1)c1ccc(-c2ccc(-c3ccc(-c4ccc5ccccc5c4)cc3)c3ccccc23)cc1. The first-order chi connectivity index (χ1) is 21.1. The van der Waals surface area contributed by atoms with Gasteiger partial charge in [-0.05, 0) is 73.5 Å². The first-order valence-corrected chi connectivity index (χ1v) is 14.6. The summed E-state index contributed by atoms with van der Waals surface area (Å²) in [6.45, 7) is 1.96. The number of hydrogen-bond acceptors (Lipinski definition) is 1. The fourth-order valence-electron chi connectivity index (χ4n) is 5.80. The third kappa shape index (κ3) is 5.27. The zero-order chi connectivity index (χ0) is 29.2. The Bertz CT molecular complexity index is 2120. The van der Waals surface area contributed by atoms with Gasteiger partial charge in [0.2, 0.25) is 0 Å². The summed E-state index contributed by atoms with van der Waals surface area (Å²) in [6.07, 6.45) is 0. The second-order valence-electron chi connectivity index (χ2n) is 10.8. The Morgan fingerprint density at radius 3 is 1.60 bits per heavy atom. The van der Waals surface area contributed by atoms with E-state index < -0.39 is 0 Å². The van der Waals surface area contributed by atoms with Crippen molar-refractivity contribution in [3.63, 3.8) is 0 Å². The van der Waals surface area contributed by atoms with Gasteiger partial charge in [-0.1, -0.05) is 152 Å². The standard InChI is InChI=1S/C41H30N2/c1-28(43-41(42)34-10-3-2-4-11-34)29-15-20-32(21-16-29)37-25-26-38(40-14-8-7-13-39(37)40)33-22-17-31(18-23-33)36-24-19-30-9-5-6-12-35(30)27-36/h2-27,42H,1H3. The third-order valence-corrected chi connectivity index (χ3v) is 8.14. The lowest BCUT2D eigenvalue weighted by molar-refractivity contribution is 1.40. The van der Waals surface area contributed by atoms with Gasteiger partial charge in [0, 0.05) is 11.3 Å². The maximum atomic E-state index is 8.36. The number of benzene rings is 7. The van der Waals surface area contributed by atoms with Gasteiger partial charge in [-0.15, -0.1) is 0 Å². The summed E-state index contributed by atoms with van der Waals surface area (Å²) in [7, 11) is 0. The van der Waals surface area contributed by atoms with Crippen LogP contribution < -0.4 is 0 Å². The minimum atomic E-state index is 0.272. The normalized spacial score (nSPS) is 11.6. The van der Waals surface area contributed by atoms with E-state index in [-0.39, 0.29) is 5.84 Å². The topological polar surface area (TPSA) is 36.2 Å². The Labute approximate surface area is 252 Å². The Kier molecular flexibility index (Phi) is 6.94. The molecule has 0 unspecified atom stereocenters. The number of hydrogen-bond donors (Lipinski definition) is 1. The molecular formula is C41H30N2. The molecule has 7 aromatic carbocycles. The lowest BCUT2D eigenvalue weighted by atomic mass is 9.91. The molecule has 0 saturated carbocycles. The molecule has 0 aliphatic rings. The molecule has 0 amide bonds. The molecule has 0 aromatic heterocycles. The highest BCUT2D eigenvalue weighted by molar-refractivity contribution is 6.11. The van der Waals surface area contributed by atoms with Gasteiger partial charge in [-0.2, -0.15) is 0 Å². The first kappa shape index (κ1) is 26.3. The van der Waals surface area contributed by atoms with Crippen molar-refractivity contribution < 1.29 is 0 Å². The van der Waals surface area contributed by atoms with Gasteiger partial charge >= 0.3 is 0 Å². The van der Waals surface area contributed by atoms with E-state index in [1.165, 1.54) is 49.4 Å². The van der Waals surface area contributed by atoms with E-state index in [2.05, 4.69) is 132 Å². The van der Waals surface area contributed by atoms with Gasteiger partial charge in [-0.25, -0.2) is 4.99 Å². The molecule has 43 heavy (non-hydrogen) atoms. The summed E-state index contributed by atoms with van der Waals surface area (Å²) in [6, 6.07) is 55.3. The molecule has 0 aliphatic heterocycles.